The van der Waals surface area contributed by atoms with Gasteiger partial charge in [0, 0.05) is 18.3 Å². The van der Waals surface area contributed by atoms with Crippen molar-refractivity contribution in [1.82, 2.24) is 15.0 Å². The molecule has 2 atom stereocenters. The predicted octanol–water partition coefficient (Wildman–Crippen LogP) is 1.95. The quantitative estimate of drug-likeness (QED) is 0.744. The van der Waals surface area contributed by atoms with Gasteiger partial charge in [0.1, 0.15) is 0 Å². The Bertz CT molecular complexity index is 318. The van der Waals surface area contributed by atoms with Gasteiger partial charge in [0.25, 0.3) is 0 Å². The van der Waals surface area contributed by atoms with Crippen molar-refractivity contribution >= 4 is 15.9 Å². The van der Waals surface area contributed by atoms with Gasteiger partial charge in [-0.25, -0.2) is 0 Å². The zero-order valence-corrected chi connectivity index (χ0v) is 9.74. The number of nitrogens with zero attached hydrogens (tertiary/aromatic N) is 3. The lowest BCUT2D eigenvalue weighted by Crippen LogP contribution is -1.94. The Morgan fingerprint density at radius 1 is 1.62 bits per heavy atom. The molecule has 1 aromatic heterocycles. The van der Waals surface area contributed by atoms with Crippen LogP contribution in [0.5, 0.6) is 0 Å². The first-order valence-corrected chi connectivity index (χ1v) is 5.61. The Balaban J connectivity index is 2.21. The number of halogens is 1. The summed E-state index contributed by atoms with van der Waals surface area (Å²) in [5.41, 5.74) is 1.52. The highest BCUT2D eigenvalue weighted by Gasteiger charge is 2.58. The van der Waals surface area contributed by atoms with E-state index in [1.807, 2.05) is 13.2 Å². The van der Waals surface area contributed by atoms with E-state index in [1.165, 1.54) is 0 Å². The van der Waals surface area contributed by atoms with Crippen LogP contribution in [0.25, 0.3) is 0 Å². The van der Waals surface area contributed by atoms with Gasteiger partial charge in [-0.05, 0) is 11.3 Å². The molecule has 0 radical (unpaired) electrons. The van der Waals surface area contributed by atoms with E-state index in [-0.39, 0.29) is 0 Å². The largest absolute Gasteiger partial charge is 0.188 e. The Morgan fingerprint density at radius 2 is 2.31 bits per heavy atom. The van der Waals surface area contributed by atoms with Crippen LogP contribution in [0.4, 0.5) is 0 Å². The van der Waals surface area contributed by atoms with E-state index in [4.69, 9.17) is 0 Å². The maximum atomic E-state index is 4.35. The maximum Gasteiger partial charge on any atom is 0.0866 e. The zero-order valence-electron chi connectivity index (χ0n) is 8.16. The van der Waals surface area contributed by atoms with Crippen LogP contribution in [-0.4, -0.2) is 20.3 Å². The van der Waals surface area contributed by atoms with Crippen LogP contribution in [0, 0.1) is 11.3 Å². The molecule has 3 nitrogen and oxygen atoms in total. The summed E-state index contributed by atoms with van der Waals surface area (Å²) in [4.78, 5) is 1.63. The number of aromatic nitrogens is 3. The molecule has 0 bridgehead atoms. The second kappa shape index (κ2) is 2.80. The molecule has 1 saturated carbocycles. The highest BCUT2D eigenvalue weighted by Crippen LogP contribution is 2.64. The SMILES string of the molecule is Cn1ncc(C2C(CBr)C2(C)C)n1. The standard InChI is InChI=1S/C9H14BrN3/c1-9(2)6(4-10)8(9)7-5-11-13(3)12-7/h5-6,8H,4H2,1-3H3. The molecule has 0 spiro atoms. The molecule has 0 amide bonds. The molecule has 0 saturated heterocycles. The van der Waals surface area contributed by atoms with Crippen LogP contribution in [0.1, 0.15) is 25.5 Å². The molecule has 72 valence electrons. The second-order valence-corrected chi connectivity index (χ2v) is 4.97. The highest BCUT2D eigenvalue weighted by molar-refractivity contribution is 9.09. The zero-order chi connectivity index (χ0) is 9.64. The fourth-order valence-electron chi connectivity index (χ4n) is 2.12. The molecule has 0 aromatic carbocycles. The number of alkyl halides is 1. The van der Waals surface area contributed by atoms with Crippen molar-refractivity contribution in [1.29, 1.82) is 0 Å². The van der Waals surface area contributed by atoms with Crippen LogP contribution in [0.15, 0.2) is 6.20 Å². The summed E-state index contributed by atoms with van der Waals surface area (Å²) in [6.45, 7) is 4.58. The molecule has 1 heterocycles. The van der Waals surface area contributed by atoms with Crippen molar-refractivity contribution in [2.75, 3.05) is 5.33 Å². The van der Waals surface area contributed by atoms with Crippen molar-refractivity contribution in [2.24, 2.45) is 18.4 Å². The Labute approximate surface area is 86.6 Å². The minimum Gasteiger partial charge on any atom is -0.188 e. The summed E-state index contributed by atoms with van der Waals surface area (Å²) in [5, 5.41) is 9.51. The van der Waals surface area contributed by atoms with Crippen LogP contribution >= 0.6 is 15.9 Å². The third-order valence-electron chi connectivity index (χ3n) is 3.15. The van der Waals surface area contributed by atoms with Gasteiger partial charge in [-0.3, -0.25) is 0 Å². The lowest BCUT2D eigenvalue weighted by molar-refractivity contribution is 0.573. The summed E-state index contributed by atoms with van der Waals surface area (Å²) in [5.74, 6) is 1.30. The molecule has 2 rings (SSSR count). The summed E-state index contributed by atoms with van der Waals surface area (Å²) in [6, 6.07) is 0. The predicted molar refractivity (Wildman–Crippen MR) is 54.8 cm³/mol. The molecule has 13 heavy (non-hydrogen) atoms. The number of rotatable bonds is 2. The third kappa shape index (κ3) is 1.31. The molecule has 0 aliphatic heterocycles. The van der Waals surface area contributed by atoms with Gasteiger partial charge in [0.05, 0.1) is 11.9 Å². The van der Waals surface area contributed by atoms with E-state index in [0.29, 0.717) is 17.3 Å². The van der Waals surface area contributed by atoms with E-state index >= 15 is 0 Å². The summed E-state index contributed by atoms with van der Waals surface area (Å²) in [6.07, 6.45) is 1.88. The lowest BCUT2D eigenvalue weighted by Gasteiger charge is -1.97. The van der Waals surface area contributed by atoms with Crippen molar-refractivity contribution in [3.05, 3.63) is 11.9 Å². The molecular weight excluding hydrogens is 230 g/mol. The molecule has 1 aliphatic rings. The Kier molecular flexibility index (Phi) is 1.98. The van der Waals surface area contributed by atoms with Gasteiger partial charge in [0.2, 0.25) is 0 Å². The van der Waals surface area contributed by atoms with E-state index in [2.05, 4.69) is 40.0 Å². The molecule has 2 unspecified atom stereocenters. The van der Waals surface area contributed by atoms with Crippen molar-refractivity contribution in [3.8, 4) is 0 Å². The Hall–Kier alpha value is -0.380. The molecule has 1 aliphatic carbocycles. The monoisotopic (exact) mass is 243 g/mol. The fourth-order valence-corrected chi connectivity index (χ4v) is 3.33. The van der Waals surface area contributed by atoms with E-state index in [1.54, 1.807) is 4.80 Å². The molecule has 0 N–H and O–H groups in total. The van der Waals surface area contributed by atoms with Gasteiger partial charge >= 0.3 is 0 Å². The molecule has 1 fully saturated rings. The summed E-state index contributed by atoms with van der Waals surface area (Å²) in [7, 11) is 1.86. The van der Waals surface area contributed by atoms with Crippen LogP contribution in [0.3, 0.4) is 0 Å². The van der Waals surface area contributed by atoms with E-state index in [9.17, 15) is 0 Å². The molecule has 1 aromatic rings. The van der Waals surface area contributed by atoms with Crippen LogP contribution in [-0.2, 0) is 7.05 Å². The molecular formula is C9H14BrN3. The minimum absolute atomic E-state index is 0.388. The smallest absolute Gasteiger partial charge is 0.0866 e. The molecule has 4 heteroatoms. The van der Waals surface area contributed by atoms with Crippen molar-refractivity contribution < 1.29 is 0 Å². The van der Waals surface area contributed by atoms with Crippen LogP contribution in [0.2, 0.25) is 0 Å². The summed E-state index contributed by atoms with van der Waals surface area (Å²) >= 11 is 3.54. The maximum absolute atomic E-state index is 4.35. The topological polar surface area (TPSA) is 30.7 Å². The number of hydrogen-bond acceptors (Lipinski definition) is 2. The van der Waals surface area contributed by atoms with Gasteiger partial charge in [0.15, 0.2) is 0 Å². The van der Waals surface area contributed by atoms with E-state index in [0.717, 1.165) is 11.0 Å². The second-order valence-electron chi connectivity index (χ2n) is 4.32. The van der Waals surface area contributed by atoms with Crippen molar-refractivity contribution in [2.45, 2.75) is 19.8 Å². The summed E-state index contributed by atoms with van der Waals surface area (Å²) < 4.78 is 0. The Morgan fingerprint density at radius 3 is 2.69 bits per heavy atom. The first kappa shape index (κ1) is 9.19. The lowest BCUT2D eigenvalue weighted by atomic mass is 10.1. The number of aryl methyl sites for hydroxylation is 1. The van der Waals surface area contributed by atoms with Gasteiger partial charge in [-0.1, -0.05) is 29.8 Å². The first-order chi connectivity index (χ1) is 6.07. The minimum atomic E-state index is 0.388. The normalized spacial score (nSPS) is 30.5. The third-order valence-corrected chi connectivity index (χ3v) is 3.85. The van der Waals surface area contributed by atoms with Gasteiger partial charge < -0.3 is 0 Å². The fraction of sp³-hybridized carbons (Fsp3) is 0.778. The van der Waals surface area contributed by atoms with E-state index < -0.39 is 0 Å². The average Bonchev–Trinajstić information content (AvgIpc) is 2.41. The average molecular weight is 244 g/mol. The van der Waals surface area contributed by atoms with Gasteiger partial charge in [-0.15, -0.1) is 0 Å². The van der Waals surface area contributed by atoms with Crippen LogP contribution < -0.4 is 0 Å². The first-order valence-electron chi connectivity index (χ1n) is 4.49. The number of hydrogen-bond donors (Lipinski definition) is 0. The highest BCUT2D eigenvalue weighted by atomic mass is 79.9. The van der Waals surface area contributed by atoms with Gasteiger partial charge in [-0.2, -0.15) is 15.0 Å². The van der Waals surface area contributed by atoms with Crippen molar-refractivity contribution in [3.63, 3.8) is 0 Å².